The van der Waals surface area contributed by atoms with E-state index in [1.165, 1.54) is 7.11 Å². The lowest BCUT2D eigenvalue weighted by molar-refractivity contribution is -0.141. The Hall–Kier alpha value is -2.73. The first-order valence-corrected chi connectivity index (χ1v) is 7.70. The zero-order valence-corrected chi connectivity index (χ0v) is 13.6. The Labute approximate surface area is 141 Å². The fraction of sp³-hybridized carbons (Fsp3) is 0.278. The standard InChI is InChI=1S/C18H21N3O3/c1-24-17(22)13-21-18(23)16(11-14-5-3-2-4-6-14)20-12-15-7-9-19-10-8-15/h2-10,16,20H,11-13H2,1H3,(H,21,23)/t16-/m0/s1. The van der Waals surface area contributed by atoms with Gasteiger partial charge in [0, 0.05) is 18.9 Å². The summed E-state index contributed by atoms with van der Waals surface area (Å²) in [6.45, 7) is 0.392. The predicted octanol–water partition coefficient (Wildman–Crippen LogP) is 1.07. The Morgan fingerprint density at radius 3 is 2.46 bits per heavy atom. The van der Waals surface area contributed by atoms with Crippen molar-refractivity contribution in [3.8, 4) is 0 Å². The molecule has 6 heteroatoms. The number of pyridine rings is 1. The van der Waals surface area contributed by atoms with Crippen molar-refractivity contribution in [2.75, 3.05) is 13.7 Å². The molecule has 1 atom stereocenters. The normalized spacial score (nSPS) is 11.5. The number of aromatic nitrogens is 1. The fourth-order valence-corrected chi connectivity index (χ4v) is 2.20. The number of rotatable bonds is 8. The molecule has 0 spiro atoms. The zero-order valence-electron chi connectivity index (χ0n) is 13.6. The van der Waals surface area contributed by atoms with Gasteiger partial charge in [0.15, 0.2) is 0 Å². The Morgan fingerprint density at radius 2 is 1.79 bits per heavy atom. The lowest BCUT2D eigenvalue weighted by atomic mass is 10.0. The van der Waals surface area contributed by atoms with Gasteiger partial charge in [0.05, 0.1) is 13.2 Å². The van der Waals surface area contributed by atoms with Crippen molar-refractivity contribution < 1.29 is 14.3 Å². The molecule has 0 saturated heterocycles. The van der Waals surface area contributed by atoms with Crippen LogP contribution in [-0.4, -0.2) is 36.6 Å². The first-order valence-electron chi connectivity index (χ1n) is 7.70. The van der Waals surface area contributed by atoms with E-state index in [9.17, 15) is 9.59 Å². The summed E-state index contributed by atoms with van der Waals surface area (Å²) in [4.78, 5) is 27.6. The average Bonchev–Trinajstić information content (AvgIpc) is 2.64. The number of nitrogens with zero attached hydrogens (tertiary/aromatic N) is 1. The van der Waals surface area contributed by atoms with Crippen molar-refractivity contribution in [1.82, 2.24) is 15.6 Å². The maximum absolute atomic E-state index is 12.4. The van der Waals surface area contributed by atoms with E-state index in [1.807, 2.05) is 42.5 Å². The molecule has 0 fully saturated rings. The van der Waals surface area contributed by atoms with Gasteiger partial charge in [-0.2, -0.15) is 0 Å². The van der Waals surface area contributed by atoms with E-state index >= 15 is 0 Å². The van der Waals surface area contributed by atoms with Crippen LogP contribution in [0.2, 0.25) is 0 Å². The summed E-state index contributed by atoms with van der Waals surface area (Å²) in [6.07, 6.45) is 3.94. The summed E-state index contributed by atoms with van der Waals surface area (Å²) in [5, 5.41) is 5.84. The van der Waals surface area contributed by atoms with Gasteiger partial charge in [0.25, 0.3) is 0 Å². The van der Waals surface area contributed by atoms with Gasteiger partial charge in [-0.05, 0) is 29.7 Å². The largest absolute Gasteiger partial charge is 0.468 e. The monoisotopic (exact) mass is 327 g/mol. The predicted molar refractivity (Wildman–Crippen MR) is 90.0 cm³/mol. The number of benzene rings is 1. The van der Waals surface area contributed by atoms with Crippen molar-refractivity contribution in [3.63, 3.8) is 0 Å². The molecular formula is C18H21N3O3. The molecule has 6 nitrogen and oxygen atoms in total. The molecular weight excluding hydrogens is 306 g/mol. The van der Waals surface area contributed by atoms with E-state index in [0.29, 0.717) is 13.0 Å². The van der Waals surface area contributed by atoms with Crippen LogP contribution < -0.4 is 10.6 Å². The molecule has 1 heterocycles. The van der Waals surface area contributed by atoms with Crippen LogP contribution in [0.1, 0.15) is 11.1 Å². The van der Waals surface area contributed by atoms with Crippen LogP contribution >= 0.6 is 0 Å². The number of hydrogen-bond acceptors (Lipinski definition) is 5. The molecule has 2 N–H and O–H groups in total. The van der Waals surface area contributed by atoms with Gasteiger partial charge in [-0.25, -0.2) is 0 Å². The van der Waals surface area contributed by atoms with E-state index in [4.69, 9.17) is 0 Å². The minimum Gasteiger partial charge on any atom is -0.468 e. The third-order valence-corrected chi connectivity index (χ3v) is 3.54. The van der Waals surface area contributed by atoms with E-state index < -0.39 is 12.0 Å². The topological polar surface area (TPSA) is 80.3 Å². The number of methoxy groups -OCH3 is 1. The number of ether oxygens (including phenoxy) is 1. The van der Waals surface area contributed by atoms with Crippen LogP contribution in [0.5, 0.6) is 0 Å². The van der Waals surface area contributed by atoms with Gasteiger partial charge in [0.1, 0.15) is 6.54 Å². The molecule has 0 bridgehead atoms. The van der Waals surface area contributed by atoms with E-state index in [0.717, 1.165) is 11.1 Å². The van der Waals surface area contributed by atoms with Crippen molar-refractivity contribution >= 4 is 11.9 Å². The van der Waals surface area contributed by atoms with Crippen LogP contribution in [0.4, 0.5) is 0 Å². The Kier molecular flexibility index (Phi) is 6.91. The Balaban J connectivity index is 1.99. The fourth-order valence-electron chi connectivity index (χ4n) is 2.20. The van der Waals surface area contributed by atoms with Gasteiger partial charge in [-0.1, -0.05) is 30.3 Å². The summed E-state index contributed by atoms with van der Waals surface area (Å²) >= 11 is 0. The summed E-state index contributed by atoms with van der Waals surface area (Å²) < 4.78 is 4.55. The van der Waals surface area contributed by atoms with Crippen LogP contribution in [0, 0.1) is 0 Å². The first-order chi connectivity index (χ1) is 11.7. The molecule has 0 aliphatic heterocycles. The highest BCUT2D eigenvalue weighted by molar-refractivity contribution is 5.85. The number of carbonyl (C=O) groups is 2. The lowest BCUT2D eigenvalue weighted by Crippen LogP contribution is -2.46. The zero-order chi connectivity index (χ0) is 17.2. The second-order valence-electron chi connectivity index (χ2n) is 5.27. The summed E-state index contributed by atoms with van der Waals surface area (Å²) in [5.41, 5.74) is 2.07. The molecule has 0 saturated carbocycles. The molecule has 1 aromatic carbocycles. The molecule has 0 radical (unpaired) electrons. The lowest BCUT2D eigenvalue weighted by Gasteiger charge is -2.18. The molecule has 2 aromatic rings. The van der Waals surface area contributed by atoms with Gasteiger partial charge >= 0.3 is 5.97 Å². The first kappa shape index (κ1) is 17.6. The third kappa shape index (κ3) is 5.81. The quantitative estimate of drug-likeness (QED) is 0.709. The molecule has 1 aromatic heterocycles. The highest BCUT2D eigenvalue weighted by Crippen LogP contribution is 2.05. The Morgan fingerprint density at radius 1 is 1.08 bits per heavy atom. The van der Waals surface area contributed by atoms with Crippen molar-refractivity contribution in [1.29, 1.82) is 0 Å². The van der Waals surface area contributed by atoms with Crippen molar-refractivity contribution in [3.05, 3.63) is 66.0 Å². The van der Waals surface area contributed by atoms with Crippen LogP contribution in [0.3, 0.4) is 0 Å². The number of carbonyl (C=O) groups excluding carboxylic acids is 2. The van der Waals surface area contributed by atoms with Crippen molar-refractivity contribution in [2.45, 2.75) is 19.0 Å². The second kappa shape index (κ2) is 9.42. The number of amides is 1. The number of hydrogen-bond donors (Lipinski definition) is 2. The molecule has 2 rings (SSSR count). The molecule has 0 aliphatic rings. The van der Waals surface area contributed by atoms with Crippen LogP contribution in [-0.2, 0) is 27.3 Å². The molecule has 1 amide bonds. The highest BCUT2D eigenvalue weighted by atomic mass is 16.5. The molecule has 0 aliphatic carbocycles. The smallest absolute Gasteiger partial charge is 0.325 e. The second-order valence-corrected chi connectivity index (χ2v) is 5.27. The van der Waals surface area contributed by atoms with Gasteiger partial charge in [0.2, 0.25) is 5.91 Å². The molecule has 126 valence electrons. The van der Waals surface area contributed by atoms with Gasteiger partial charge < -0.3 is 15.4 Å². The van der Waals surface area contributed by atoms with Gasteiger partial charge in [-0.15, -0.1) is 0 Å². The van der Waals surface area contributed by atoms with E-state index in [2.05, 4.69) is 20.4 Å². The minimum absolute atomic E-state index is 0.141. The Bertz CT molecular complexity index is 647. The summed E-state index contributed by atoms with van der Waals surface area (Å²) in [6, 6.07) is 13.1. The minimum atomic E-state index is -0.476. The summed E-state index contributed by atoms with van der Waals surface area (Å²) in [5.74, 6) is -0.714. The molecule has 24 heavy (non-hydrogen) atoms. The molecule has 0 unspecified atom stereocenters. The number of esters is 1. The number of nitrogens with one attached hydrogen (secondary N) is 2. The van der Waals surface area contributed by atoms with Crippen LogP contribution in [0.15, 0.2) is 54.9 Å². The van der Waals surface area contributed by atoms with E-state index in [1.54, 1.807) is 12.4 Å². The maximum Gasteiger partial charge on any atom is 0.325 e. The highest BCUT2D eigenvalue weighted by Gasteiger charge is 2.19. The van der Waals surface area contributed by atoms with Crippen LogP contribution in [0.25, 0.3) is 0 Å². The van der Waals surface area contributed by atoms with Gasteiger partial charge in [-0.3, -0.25) is 14.6 Å². The maximum atomic E-state index is 12.4. The van der Waals surface area contributed by atoms with Crippen molar-refractivity contribution in [2.24, 2.45) is 0 Å². The van der Waals surface area contributed by atoms with E-state index in [-0.39, 0.29) is 12.5 Å². The average molecular weight is 327 g/mol. The third-order valence-electron chi connectivity index (χ3n) is 3.54. The summed E-state index contributed by atoms with van der Waals surface area (Å²) in [7, 11) is 1.29. The SMILES string of the molecule is COC(=O)CNC(=O)[C@H](Cc1ccccc1)NCc1ccncc1.